The van der Waals surface area contributed by atoms with Gasteiger partial charge in [-0.05, 0) is 42.8 Å². The fraction of sp³-hybridized carbons (Fsp3) is 0.176. The van der Waals surface area contributed by atoms with Crippen molar-refractivity contribution in [2.24, 2.45) is 10.2 Å². The molecule has 7 nitrogen and oxygen atoms in total. The Labute approximate surface area is 138 Å². The number of ether oxygens (including phenoxy) is 1. The number of phenolic OH excluding ortho intramolecular Hbond substituents is 1. The molecule has 0 saturated heterocycles. The highest BCUT2D eigenvalue weighted by atomic mass is 16.5. The van der Waals surface area contributed by atoms with Crippen LogP contribution in [-0.4, -0.2) is 27.6 Å². The van der Waals surface area contributed by atoms with Gasteiger partial charge in [-0.25, -0.2) is 4.98 Å². The molecule has 0 bridgehead atoms. The molecular formula is C17H16N4O3. The second kappa shape index (κ2) is 6.49. The predicted octanol–water partition coefficient (Wildman–Crippen LogP) is 3.48. The number of hydrogen-bond donors (Lipinski definition) is 1. The van der Waals surface area contributed by atoms with Gasteiger partial charge in [0.25, 0.3) is 0 Å². The van der Waals surface area contributed by atoms with Crippen molar-refractivity contribution >= 4 is 23.1 Å². The summed E-state index contributed by atoms with van der Waals surface area (Å²) >= 11 is 0. The fourth-order valence-electron chi connectivity index (χ4n) is 2.32. The van der Waals surface area contributed by atoms with Gasteiger partial charge in [0.2, 0.25) is 0 Å². The van der Waals surface area contributed by atoms with Crippen LogP contribution in [0, 0.1) is 6.92 Å². The number of aromatic nitrogens is 2. The van der Waals surface area contributed by atoms with Crippen LogP contribution in [0.4, 0.5) is 11.5 Å². The summed E-state index contributed by atoms with van der Waals surface area (Å²) in [6.45, 7) is 1.83. The van der Waals surface area contributed by atoms with Crippen LogP contribution in [0.5, 0.6) is 5.75 Å². The van der Waals surface area contributed by atoms with Crippen molar-refractivity contribution in [3.8, 4) is 5.75 Å². The van der Waals surface area contributed by atoms with Gasteiger partial charge in [0.1, 0.15) is 11.4 Å². The highest BCUT2D eigenvalue weighted by Crippen LogP contribution is 2.27. The van der Waals surface area contributed by atoms with Gasteiger partial charge in [-0.2, -0.15) is 0 Å². The topological polar surface area (TPSA) is 88.5 Å². The Hall–Kier alpha value is -3.22. The van der Waals surface area contributed by atoms with E-state index in [0.717, 1.165) is 5.56 Å². The van der Waals surface area contributed by atoms with Crippen LogP contribution in [0.25, 0.3) is 5.65 Å². The Balaban J connectivity index is 2.04. The monoisotopic (exact) mass is 324 g/mol. The average Bonchev–Trinajstić information content (AvgIpc) is 2.91. The first-order chi connectivity index (χ1) is 11.6. The van der Waals surface area contributed by atoms with Crippen LogP contribution in [0.3, 0.4) is 0 Å². The number of benzene rings is 1. The Morgan fingerprint density at radius 3 is 2.88 bits per heavy atom. The molecule has 3 aromatic rings. The molecule has 24 heavy (non-hydrogen) atoms. The molecule has 0 unspecified atom stereocenters. The number of esters is 1. The number of aromatic hydroxyl groups is 1. The number of phenols is 1. The number of methoxy groups -OCH3 is 1. The highest BCUT2D eigenvalue weighted by molar-refractivity contribution is 5.74. The quantitative estimate of drug-likeness (QED) is 0.588. The third kappa shape index (κ3) is 3.10. The number of rotatable bonds is 4. The Bertz CT molecular complexity index is 931. The van der Waals surface area contributed by atoms with E-state index in [1.54, 1.807) is 28.8 Å². The molecule has 0 radical (unpaired) electrons. The van der Waals surface area contributed by atoms with E-state index in [4.69, 9.17) is 4.74 Å². The van der Waals surface area contributed by atoms with Crippen molar-refractivity contribution in [3.05, 3.63) is 53.9 Å². The van der Waals surface area contributed by atoms with E-state index in [2.05, 4.69) is 15.2 Å². The zero-order valence-corrected chi connectivity index (χ0v) is 13.3. The minimum Gasteiger partial charge on any atom is -0.508 e. The van der Waals surface area contributed by atoms with E-state index in [1.807, 2.05) is 25.1 Å². The maximum absolute atomic E-state index is 11.6. The van der Waals surface area contributed by atoms with Gasteiger partial charge in [-0.15, -0.1) is 10.2 Å². The van der Waals surface area contributed by atoms with Crippen molar-refractivity contribution in [1.82, 2.24) is 9.38 Å². The van der Waals surface area contributed by atoms with Gasteiger partial charge >= 0.3 is 5.97 Å². The van der Waals surface area contributed by atoms with E-state index in [9.17, 15) is 9.90 Å². The van der Waals surface area contributed by atoms with Crippen LogP contribution < -0.4 is 0 Å². The van der Waals surface area contributed by atoms with Crippen molar-refractivity contribution in [3.63, 3.8) is 0 Å². The van der Waals surface area contributed by atoms with E-state index >= 15 is 0 Å². The molecule has 2 heterocycles. The standard InChI is InChI=1S/C17H16N4O3/c1-11-9-12(22)6-7-13(11)19-20-17-14(10-16(23)24-2)18-15-5-3-4-8-21(15)17/h3-9,22H,10H2,1-2H3. The summed E-state index contributed by atoms with van der Waals surface area (Å²) in [6, 6.07) is 10.4. The highest BCUT2D eigenvalue weighted by Gasteiger charge is 2.15. The van der Waals surface area contributed by atoms with Crippen molar-refractivity contribution < 1.29 is 14.6 Å². The van der Waals surface area contributed by atoms with Gasteiger partial charge in [-0.3, -0.25) is 9.20 Å². The summed E-state index contributed by atoms with van der Waals surface area (Å²) in [5.74, 6) is 0.256. The molecule has 0 amide bonds. The Morgan fingerprint density at radius 1 is 1.29 bits per heavy atom. The fourth-order valence-corrected chi connectivity index (χ4v) is 2.32. The smallest absolute Gasteiger partial charge is 0.311 e. The Kier molecular flexibility index (Phi) is 4.24. The third-order valence-corrected chi connectivity index (χ3v) is 3.55. The third-order valence-electron chi connectivity index (χ3n) is 3.55. The number of hydrogen-bond acceptors (Lipinski definition) is 6. The second-order valence-electron chi connectivity index (χ2n) is 5.23. The lowest BCUT2D eigenvalue weighted by molar-refractivity contribution is -0.139. The summed E-state index contributed by atoms with van der Waals surface area (Å²) in [6.07, 6.45) is 1.82. The maximum Gasteiger partial charge on any atom is 0.311 e. The molecular weight excluding hydrogens is 308 g/mol. The predicted molar refractivity (Wildman–Crippen MR) is 87.9 cm³/mol. The summed E-state index contributed by atoms with van der Waals surface area (Å²) in [5, 5.41) is 18.0. The lowest BCUT2D eigenvalue weighted by Gasteiger charge is -2.01. The molecule has 1 aromatic carbocycles. The molecule has 122 valence electrons. The number of carbonyl (C=O) groups is 1. The van der Waals surface area contributed by atoms with Gasteiger partial charge < -0.3 is 9.84 Å². The van der Waals surface area contributed by atoms with Crippen LogP contribution >= 0.6 is 0 Å². The zero-order valence-electron chi connectivity index (χ0n) is 13.3. The molecule has 0 saturated carbocycles. The van der Waals surface area contributed by atoms with Gasteiger partial charge in [0.15, 0.2) is 5.82 Å². The van der Waals surface area contributed by atoms with Crippen LogP contribution in [0.1, 0.15) is 11.3 Å². The lowest BCUT2D eigenvalue weighted by Crippen LogP contribution is -2.04. The Morgan fingerprint density at radius 2 is 2.12 bits per heavy atom. The minimum absolute atomic E-state index is 0.0150. The van der Waals surface area contributed by atoms with Crippen LogP contribution in [-0.2, 0) is 16.0 Å². The molecule has 7 heteroatoms. The lowest BCUT2D eigenvalue weighted by atomic mass is 10.2. The average molecular weight is 324 g/mol. The number of pyridine rings is 1. The van der Waals surface area contributed by atoms with E-state index in [1.165, 1.54) is 7.11 Å². The van der Waals surface area contributed by atoms with Crippen molar-refractivity contribution in [2.45, 2.75) is 13.3 Å². The number of azo groups is 1. The second-order valence-corrected chi connectivity index (χ2v) is 5.23. The van der Waals surface area contributed by atoms with E-state index in [0.29, 0.717) is 22.8 Å². The molecule has 0 spiro atoms. The molecule has 0 aliphatic carbocycles. The first kappa shape index (κ1) is 15.7. The SMILES string of the molecule is COC(=O)Cc1nc2ccccn2c1N=Nc1ccc(O)cc1C. The van der Waals surface area contributed by atoms with Gasteiger partial charge in [-0.1, -0.05) is 6.07 Å². The molecule has 0 fully saturated rings. The summed E-state index contributed by atoms with van der Waals surface area (Å²) in [4.78, 5) is 16.0. The molecule has 0 aliphatic rings. The van der Waals surface area contributed by atoms with Crippen molar-refractivity contribution in [2.75, 3.05) is 7.11 Å². The molecule has 2 aromatic heterocycles. The first-order valence-electron chi connectivity index (χ1n) is 7.32. The van der Waals surface area contributed by atoms with Gasteiger partial charge in [0, 0.05) is 6.20 Å². The summed E-state index contributed by atoms with van der Waals surface area (Å²) in [5.41, 5.74) is 2.59. The normalized spacial score (nSPS) is 11.2. The number of carbonyl (C=O) groups excluding carboxylic acids is 1. The largest absolute Gasteiger partial charge is 0.508 e. The molecule has 3 rings (SSSR count). The first-order valence-corrected chi connectivity index (χ1v) is 7.32. The molecule has 0 aliphatic heterocycles. The molecule has 1 N–H and O–H groups in total. The number of fused-ring (bicyclic) bond motifs is 1. The van der Waals surface area contributed by atoms with Crippen molar-refractivity contribution in [1.29, 1.82) is 0 Å². The number of imidazole rings is 1. The number of aryl methyl sites for hydroxylation is 1. The molecule has 0 atom stereocenters. The summed E-state index contributed by atoms with van der Waals surface area (Å²) < 4.78 is 6.47. The number of nitrogens with zero attached hydrogens (tertiary/aromatic N) is 4. The zero-order chi connectivity index (χ0) is 17.1. The minimum atomic E-state index is -0.393. The maximum atomic E-state index is 11.6. The van der Waals surface area contributed by atoms with Crippen LogP contribution in [0.2, 0.25) is 0 Å². The van der Waals surface area contributed by atoms with Crippen LogP contribution in [0.15, 0.2) is 52.8 Å². The van der Waals surface area contributed by atoms with E-state index < -0.39 is 5.97 Å². The summed E-state index contributed by atoms with van der Waals surface area (Å²) in [7, 11) is 1.33. The van der Waals surface area contributed by atoms with E-state index in [-0.39, 0.29) is 12.2 Å². The van der Waals surface area contributed by atoms with Gasteiger partial charge in [0.05, 0.1) is 24.9 Å².